The summed E-state index contributed by atoms with van der Waals surface area (Å²) in [6.07, 6.45) is 4.48. The zero-order valence-electron chi connectivity index (χ0n) is 17.7. The summed E-state index contributed by atoms with van der Waals surface area (Å²) in [5, 5.41) is 11.4. The predicted octanol–water partition coefficient (Wildman–Crippen LogP) is 3.72. The first kappa shape index (κ1) is 20.6. The van der Waals surface area contributed by atoms with E-state index >= 15 is 0 Å². The van der Waals surface area contributed by atoms with Gasteiger partial charge in [-0.3, -0.25) is 9.59 Å². The molecule has 0 aromatic carbocycles. The van der Waals surface area contributed by atoms with Crippen molar-refractivity contribution in [1.29, 1.82) is 0 Å². The van der Waals surface area contributed by atoms with Crippen LogP contribution < -0.4 is 0 Å². The highest BCUT2D eigenvalue weighted by atomic mass is 16.5. The lowest BCUT2D eigenvalue weighted by atomic mass is 9.39. The molecular weight excluding hydrogens is 344 g/mol. The van der Waals surface area contributed by atoms with E-state index in [4.69, 9.17) is 9.47 Å². The van der Waals surface area contributed by atoms with Gasteiger partial charge in [0.2, 0.25) is 0 Å². The molecule has 0 saturated heterocycles. The SMILES string of the molecule is COC(=O)C1CCC2C3(C)CCCC(C)(C)C3CC(OC(C)=O)C2(C)C1O. The number of ether oxygens (including phenoxy) is 2. The molecule has 0 aromatic rings. The number of methoxy groups -OCH3 is 1. The fraction of sp³-hybridized carbons (Fsp3) is 0.909. The van der Waals surface area contributed by atoms with Gasteiger partial charge in [0.15, 0.2) is 0 Å². The Hall–Kier alpha value is -1.10. The molecular formula is C22H36O5. The number of esters is 2. The van der Waals surface area contributed by atoms with Crippen molar-refractivity contribution in [3.63, 3.8) is 0 Å². The maximum Gasteiger partial charge on any atom is 0.311 e. The van der Waals surface area contributed by atoms with E-state index < -0.39 is 17.4 Å². The zero-order chi connectivity index (χ0) is 20.2. The minimum Gasteiger partial charge on any atom is -0.469 e. The van der Waals surface area contributed by atoms with Crippen LogP contribution in [0.25, 0.3) is 0 Å². The summed E-state index contributed by atoms with van der Waals surface area (Å²) in [5.74, 6) is -0.581. The summed E-state index contributed by atoms with van der Waals surface area (Å²) >= 11 is 0. The molecule has 1 N–H and O–H groups in total. The van der Waals surface area contributed by atoms with E-state index in [1.807, 2.05) is 6.92 Å². The lowest BCUT2D eigenvalue weighted by molar-refractivity contribution is -0.249. The van der Waals surface area contributed by atoms with Gasteiger partial charge in [-0.15, -0.1) is 0 Å². The maximum atomic E-state index is 12.3. The average molecular weight is 381 g/mol. The van der Waals surface area contributed by atoms with Crippen LogP contribution in [0.4, 0.5) is 0 Å². The molecule has 3 aliphatic rings. The summed E-state index contributed by atoms with van der Waals surface area (Å²) in [7, 11) is 1.37. The van der Waals surface area contributed by atoms with Crippen molar-refractivity contribution in [1.82, 2.24) is 0 Å². The lowest BCUT2D eigenvalue weighted by Crippen LogP contribution is -2.67. The Labute approximate surface area is 163 Å². The third-order valence-electron chi connectivity index (χ3n) is 8.56. The van der Waals surface area contributed by atoms with Crippen LogP contribution in [0.1, 0.15) is 73.1 Å². The first-order valence-corrected chi connectivity index (χ1v) is 10.4. The highest BCUT2D eigenvalue weighted by Gasteiger charge is 2.67. The van der Waals surface area contributed by atoms with Gasteiger partial charge >= 0.3 is 11.9 Å². The van der Waals surface area contributed by atoms with Crippen molar-refractivity contribution >= 4 is 11.9 Å². The fourth-order valence-electron chi connectivity index (χ4n) is 7.32. The van der Waals surface area contributed by atoms with E-state index in [2.05, 4.69) is 20.8 Å². The van der Waals surface area contributed by atoms with E-state index in [1.54, 1.807) is 0 Å². The summed E-state index contributed by atoms with van der Waals surface area (Å²) in [6, 6.07) is 0. The standard InChI is InChI=1S/C22H36O5/c1-13(23)27-17-12-16-20(2,3)10-7-11-21(16,4)15-9-8-14(19(25)26-6)18(24)22(15,17)5/h14-18,24H,7-12H2,1-6H3. The second kappa shape index (κ2) is 6.75. The average Bonchev–Trinajstić information content (AvgIpc) is 2.57. The van der Waals surface area contributed by atoms with E-state index in [1.165, 1.54) is 26.9 Å². The third-order valence-corrected chi connectivity index (χ3v) is 8.56. The summed E-state index contributed by atoms with van der Waals surface area (Å²) in [5.41, 5.74) is -0.381. The molecule has 0 aromatic heterocycles. The van der Waals surface area contributed by atoms with Gasteiger partial charge in [-0.1, -0.05) is 34.1 Å². The predicted molar refractivity (Wildman–Crippen MR) is 102 cm³/mol. The van der Waals surface area contributed by atoms with Crippen molar-refractivity contribution in [2.24, 2.45) is 34.0 Å². The Bertz CT molecular complexity index is 614. The van der Waals surface area contributed by atoms with Crippen LogP contribution in [0.5, 0.6) is 0 Å². The molecule has 0 amide bonds. The molecule has 154 valence electrons. The molecule has 3 saturated carbocycles. The lowest BCUT2D eigenvalue weighted by Gasteiger charge is -2.67. The molecule has 7 atom stereocenters. The minimum absolute atomic E-state index is 0.0786. The van der Waals surface area contributed by atoms with E-state index in [0.717, 1.165) is 19.3 Å². The largest absolute Gasteiger partial charge is 0.469 e. The smallest absolute Gasteiger partial charge is 0.311 e. The molecule has 5 nitrogen and oxygen atoms in total. The van der Waals surface area contributed by atoms with Gasteiger partial charge < -0.3 is 14.6 Å². The number of aliphatic hydroxyl groups is 1. The molecule has 5 heteroatoms. The second-order valence-electron chi connectivity index (χ2n) is 10.3. The maximum absolute atomic E-state index is 12.3. The van der Waals surface area contributed by atoms with Crippen LogP contribution in [-0.2, 0) is 19.1 Å². The van der Waals surface area contributed by atoms with Gasteiger partial charge in [0.05, 0.1) is 19.1 Å². The normalized spacial score (nSPS) is 46.0. The number of rotatable bonds is 2. The van der Waals surface area contributed by atoms with E-state index in [9.17, 15) is 14.7 Å². The molecule has 0 bridgehead atoms. The molecule has 3 rings (SSSR count). The van der Waals surface area contributed by atoms with Gasteiger partial charge in [-0.05, 0) is 54.8 Å². The Morgan fingerprint density at radius 2 is 1.70 bits per heavy atom. The van der Waals surface area contributed by atoms with Crippen LogP contribution in [0.2, 0.25) is 0 Å². The zero-order valence-corrected chi connectivity index (χ0v) is 17.7. The summed E-state index contributed by atoms with van der Waals surface area (Å²) in [4.78, 5) is 24.2. The second-order valence-corrected chi connectivity index (χ2v) is 10.3. The summed E-state index contributed by atoms with van der Waals surface area (Å²) < 4.78 is 10.8. The van der Waals surface area contributed by atoms with Crippen molar-refractivity contribution in [3.8, 4) is 0 Å². The molecule has 0 radical (unpaired) electrons. The number of aliphatic hydroxyl groups excluding tert-OH is 1. The highest BCUT2D eigenvalue weighted by Crippen LogP contribution is 2.68. The van der Waals surface area contributed by atoms with Gasteiger partial charge in [0, 0.05) is 12.3 Å². The third kappa shape index (κ3) is 3.01. The number of hydrogen-bond donors (Lipinski definition) is 1. The first-order valence-electron chi connectivity index (χ1n) is 10.4. The molecule has 27 heavy (non-hydrogen) atoms. The molecule has 3 aliphatic carbocycles. The first-order chi connectivity index (χ1) is 12.5. The van der Waals surface area contributed by atoms with Crippen LogP contribution in [0, 0.1) is 34.0 Å². The van der Waals surface area contributed by atoms with Crippen molar-refractivity contribution < 1.29 is 24.2 Å². The van der Waals surface area contributed by atoms with Crippen LogP contribution in [0.15, 0.2) is 0 Å². The van der Waals surface area contributed by atoms with Crippen molar-refractivity contribution in [2.75, 3.05) is 7.11 Å². The Balaban J connectivity index is 2.07. The fourth-order valence-corrected chi connectivity index (χ4v) is 7.32. The van der Waals surface area contributed by atoms with Gasteiger partial charge in [-0.25, -0.2) is 0 Å². The number of carbonyl (C=O) groups is 2. The monoisotopic (exact) mass is 380 g/mol. The Morgan fingerprint density at radius 3 is 2.30 bits per heavy atom. The Kier molecular flexibility index (Phi) is 5.16. The minimum atomic E-state index is -0.865. The van der Waals surface area contributed by atoms with Crippen LogP contribution in [0.3, 0.4) is 0 Å². The summed E-state index contributed by atoms with van der Waals surface area (Å²) in [6.45, 7) is 10.5. The van der Waals surface area contributed by atoms with Crippen molar-refractivity contribution in [2.45, 2.75) is 85.4 Å². The Morgan fingerprint density at radius 1 is 1.04 bits per heavy atom. The topological polar surface area (TPSA) is 72.8 Å². The number of hydrogen-bond acceptors (Lipinski definition) is 5. The number of carbonyl (C=O) groups excluding carboxylic acids is 2. The van der Waals surface area contributed by atoms with Gasteiger partial charge in [0.1, 0.15) is 6.10 Å². The van der Waals surface area contributed by atoms with E-state index in [-0.39, 0.29) is 34.8 Å². The van der Waals surface area contributed by atoms with Crippen molar-refractivity contribution in [3.05, 3.63) is 0 Å². The highest BCUT2D eigenvalue weighted by molar-refractivity contribution is 5.73. The molecule has 3 fully saturated rings. The molecule has 0 aliphatic heterocycles. The molecule has 0 heterocycles. The van der Waals surface area contributed by atoms with Crippen LogP contribution >= 0.6 is 0 Å². The number of fused-ring (bicyclic) bond motifs is 3. The van der Waals surface area contributed by atoms with E-state index in [0.29, 0.717) is 12.3 Å². The van der Waals surface area contributed by atoms with Crippen LogP contribution in [-0.4, -0.2) is 36.4 Å². The molecule has 0 spiro atoms. The van der Waals surface area contributed by atoms with Gasteiger partial charge in [0.25, 0.3) is 0 Å². The molecule has 7 unspecified atom stereocenters. The quantitative estimate of drug-likeness (QED) is 0.739. The van der Waals surface area contributed by atoms with Gasteiger partial charge in [-0.2, -0.15) is 0 Å².